The van der Waals surface area contributed by atoms with Crippen molar-refractivity contribution in [2.75, 3.05) is 7.11 Å². The third-order valence-corrected chi connectivity index (χ3v) is 6.31. The Balaban J connectivity index is 2.02. The zero-order valence-corrected chi connectivity index (χ0v) is 15.1. The van der Waals surface area contributed by atoms with Crippen molar-refractivity contribution in [2.45, 2.75) is 36.6 Å². The first kappa shape index (κ1) is 17.5. The standard InChI is InChI=1S/C19H20N2O3S/c1-19(11-5-7-15-6-3-4-8-16(15)19)21-25(22,23)18-10-9-14(13-20)12-17(18)24-2/h3-4,6,8-10,12,21H,5,7,11H2,1-2H3. The highest BCUT2D eigenvalue weighted by molar-refractivity contribution is 7.89. The quantitative estimate of drug-likeness (QED) is 0.913. The van der Waals surface area contributed by atoms with Crippen molar-refractivity contribution in [3.8, 4) is 11.8 Å². The number of fused-ring (bicyclic) bond motifs is 1. The number of rotatable bonds is 4. The molecule has 0 spiro atoms. The molecule has 3 rings (SSSR count). The number of benzene rings is 2. The predicted octanol–water partition coefficient (Wildman–Crippen LogP) is 3.10. The van der Waals surface area contributed by atoms with E-state index < -0.39 is 15.6 Å². The van der Waals surface area contributed by atoms with Crippen LogP contribution in [-0.2, 0) is 22.0 Å². The number of nitrogens with zero attached hydrogens (tertiary/aromatic N) is 1. The largest absolute Gasteiger partial charge is 0.495 e. The Morgan fingerprint density at radius 2 is 2.00 bits per heavy atom. The van der Waals surface area contributed by atoms with Gasteiger partial charge in [-0.1, -0.05) is 24.3 Å². The van der Waals surface area contributed by atoms with Crippen LogP contribution in [0.4, 0.5) is 0 Å². The van der Waals surface area contributed by atoms with Crippen LogP contribution in [0.25, 0.3) is 0 Å². The molecule has 0 fully saturated rings. The number of aryl methyl sites for hydroxylation is 1. The number of sulfonamides is 1. The van der Waals surface area contributed by atoms with Crippen molar-refractivity contribution < 1.29 is 13.2 Å². The van der Waals surface area contributed by atoms with Gasteiger partial charge in [-0.25, -0.2) is 13.1 Å². The number of nitriles is 1. The molecule has 0 saturated heterocycles. The van der Waals surface area contributed by atoms with Gasteiger partial charge in [-0.3, -0.25) is 0 Å². The van der Waals surface area contributed by atoms with Crippen LogP contribution in [0.1, 0.15) is 36.5 Å². The third kappa shape index (κ3) is 3.26. The lowest BCUT2D eigenvalue weighted by Crippen LogP contribution is -2.45. The zero-order chi connectivity index (χ0) is 18.1. The molecule has 0 bridgehead atoms. The molecular formula is C19H20N2O3S. The molecule has 0 aliphatic heterocycles. The molecule has 2 aromatic carbocycles. The number of methoxy groups -OCH3 is 1. The molecule has 0 radical (unpaired) electrons. The monoisotopic (exact) mass is 356 g/mol. The van der Waals surface area contributed by atoms with Crippen molar-refractivity contribution in [3.05, 3.63) is 59.2 Å². The van der Waals surface area contributed by atoms with Gasteiger partial charge in [0.05, 0.1) is 24.3 Å². The first-order valence-electron chi connectivity index (χ1n) is 8.10. The third-order valence-electron chi connectivity index (χ3n) is 4.68. The lowest BCUT2D eigenvalue weighted by atomic mass is 9.79. The average Bonchev–Trinajstić information content (AvgIpc) is 2.61. The van der Waals surface area contributed by atoms with E-state index in [1.807, 2.05) is 37.3 Å². The van der Waals surface area contributed by atoms with E-state index in [0.717, 1.165) is 24.8 Å². The van der Waals surface area contributed by atoms with E-state index in [9.17, 15) is 8.42 Å². The normalized spacial score (nSPS) is 19.7. The SMILES string of the molecule is COc1cc(C#N)ccc1S(=O)(=O)NC1(C)CCCc2ccccc21. The average molecular weight is 356 g/mol. The second kappa shape index (κ2) is 6.51. The Labute approximate surface area is 148 Å². The van der Waals surface area contributed by atoms with Crippen molar-refractivity contribution >= 4 is 10.0 Å². The summed E-state index contributed by atoms with van der Waals surface area (Å²) in [4.78, 5) is 0.0401. The van der Waals surface area contributed by atoms with Crippen LogP contribution in [0, 0.1) is 11.3 Å². The first-order valence-corrected chi connectivity index (χ1v) is 9.58. The predicted molar refractivity (Wildman–Crippen MR) is 94.8 cm³/mol. The molecule has 25 heavy (non-hydrogen) atoms. The Kier molecular flexibility index (Phi) is 4.55. The molecule has 0 heterocycles. The van der Waals surface area contributed by atoms with Crippen LogP contribution < -0.4 is 9.46 Å². The van der Waals surface area contributed by atoms with E-state index in [1.165, 1.54) is 30.9 Å². The van der Waals surface area contributed by atoms with E-state index in [2.05, 4.69) is 4.72 Å². The summed E-state index contributed by atoms with van der Waals surface area (Å²) < 4.78 is 34.1. The first-order chi connectivity index (χ1) is 11.9. The highest BCUT2D eigenvalue weighted by atomic mass is 32.2. The van der Waals surface area contributed by atoms with Crippen LogP contribution in [0.5, 0.6) is 5.75 Å². The molecule has 5 nitrogen and oxygen atoms in total. The molecule has 2 aromatic rings. The molecule has 0 aromatic heterocycles. The number of hydrogen-bond donors (Lipinski definition) is 1. The molecule has 1 atom stereocenters. The molecular weight excluding hydrogens is 336 g/mol. The Morgan fingerprint density at radius 3 is 2.72 bits per heavy atom. The van der Waals surface area contributed by atoms with Crippen LogP contribution >= 0.6 is 0 Å². The van der Waals surface area contributed by atoms with Gasteiger partial charge in [0.15, 0.2) is 0 Å². The van der Waals surface area contributed by atoms with E-state index in [0.29, 0.717) is 5.56 Å². The summed E-state index contributed by atoms with van der Waals surface area (Å²) in [5.41, 5.74) is 1.86. The van der Waals surface area contributed by atoms with Crippen molar-refractivity contribution in [3.63, 3.8) is 0 Å². The van der Waals surface area contributed by atoms with Gasteiger partial charge in [-0.2, -0.15) is 5.26 Å². The maximum Gasteiger partial charge on any atom is 0.245 e. The fraction of sp³-hybridized carbons (Fsp3) is 0.316. The lowest BCUT2D eigenvalue weighted by Gasteiger charge is -2.36. The van der Waals surface area contributed by atoms with Crippen LogP contribution in [0.2, 0.25) is 0 Å². The van der Waals surface area contributed by atoms with Gasteiger partial charge in [0.2, 0.25) is 10.0 Å². The van der Waals surface area contributed by atoms with Crippen LogP contribution in [-0.4, -0.2) is 15.5 Å². The highest BCUT2D eigenvalue weighted by Gasteiger charge is 2.36. The van der Waals surface area contributed by atoms with Gasteiger partial charge in [0.25, 0.3) is 0 Å². The van der Waals surface area contributed by atoms with Gasteiger partial charge in [-0.15, -0.1) is 0 Å². The Hall–Kier alpha value is -2.36. The fourth-order valence-electron chi connectivity index (χ4n) is 3.46. The molecule has 0 amide bonds. The van der Waals surface area contributed by atoms with Crippen molar-refractivity contribution in [1.82, 2.24) is 4.72 Å². The summed E-state index contributed by atoms with van der Waals surface area (Å²) in [6.45, 7) is 1.92. The molecule has 1 aliphatic carbocycles. The van der Waals surface area contributed by atoms with Crippen molar-refractivity contribution in [2.24, 2.45) is 0 Å². The lowest BCUT2D eigenvalue weighted by molar-refractivity contribution is 0.363. The Bertz CT molecular complexity index is 947. The second-order valence-corrected chi connectivity index (χ2v) is 8.08. The molecule has 0 saturated carbocycles. The fourth-order valence-corrected chi connectivity index (χ4v) is 5.03. The van der Waals surface area contributed by atoms with Crippen molar-refractivity contribution in [1.29, 1.82) is 5.26 Å². The minimum atomic E-state index is -3.81. The van der Waals surface area contributed by atoms with Gasteiger partial charge in [0, 0.05) is 0 Å². The van der Waals surface area contributed by atoms with E-state index in [1.54, 1.807) is 0 Å². The van der Waals surface area contributed by atoms with E-state index >= 15 is 0 Å². The Morgan fingerprint density at radius 1 is 1.24 bits per heavy atom. The van der Waals surface area contributed by atoms with E-state index in [-0.39, 0.29) is 10.6 Å². The van der Waals surface area contributed by atoms with Gasteiger partial charge >= 0.3 is 0 Å². The molecule has 1 N–H and O–H groups in total. The summed E-state index contributed by atoms with van der Waals surface area (Å²) in [7, 11) is -2.42. The van der Waals surface area contributed by atoms with E-state index in [4.69, 9.17) is 10.00 Å². The highest BCUT2D eigenvalue weighted by Crippen LogP contribution is 2.37. The number of ether oxygens (including phenoxy) is 1. The summed E-state index contributed by atoms with van der Waals surface area (Å²) in [5.74, 6) is 0.166. The number of nitrogens with one attached hydrogen (secondary N) is 1. The second-order valence-electron chi connectivity index (χ2n) is 6.43. The molecule has 130 valence electrons. The molecule has 6 heteroatoms. The minimum absolute atomic E-state index is 0.0401. The van der Waals surface area contributed by atoms with Gasteiger partial charge < -0.3 is 4.74 Å². The number of hydrogen-bond acceptors (Lipinski definition) is 4. The summed E-state index contributed by atoms with van der Waals surface area (Å²) in [6, 6.07) is 14.2. The smallest absolute Gasteiger partial charge is 0.245 e. The maximum absolute atomic E-state index is 13.0. The zero-order valence-electron chi connectivity index (χ0n) is 14.2. The van der Waals surface area contributed by atoms with Gasteiger partial charge in [-0.05, 0) is 55.5 Å². The van der Waals surface area contributed by atoms with Crippen LogP contribution in [0.15, 0.2) is 47.4 Å². The van der Waals surface area contributed by atoms with Crippen LogP contribution in [0.3, 0.4) is 0 Å². The molecule has 1 aliphatic rings. The minimum Gasteiger partial charge on any atom is -0.495 e. The molecule has 1 unspecified atom stereocenters. The summed E-state index contributed by atoms with van der Waals surface area (Å²) in [5, 5.41) is 8.99. The topological polar surface area (TPSA) is 79.2 Å². The maximum atomic E-state index is 13.0. The van der Waals surface area contributed by atoms with Gasteiger partial charge in [0.1, 0.15) is 10.6 Å². The summed E-state index contributed by atoms with van der Waals surface area (Å²) in [6.07, 6.45) is 2.59. The summed E-state index contributed by atoms with van der Waals surface area (Å²) >= 11 is 0.